The predicted octanol–water partition coefficient (Wildman–Crippen LogP) is 3.43. The van der Waals surface area contributed by atoms with Gasteiger partial charge in [0.15, 0.2) is 0 Å². The molecular weight excluding hydrogens is 386 g/mol. The SMILES string of the molecule is C[C@H]1CC(c2c(Br)c3c(N)ncnc3n2C)CN1C(=O)OC(C)(C)C. The molecule has 2 aromatic heterocycles. The van der Waals surface area contributed by atoms with Crippen molar-refractivity contribution in [2.24, 2.45) is 7.05 Å². The van der Waals surface area contributed by atoms with Crippen LogP contribution in [0.1, 0.15) is 45.7 Å². The van der Waals surface area contributed by atoms with Gasteiger partial charge in [0, 0.05) is 31.2 Å². The number of anilines is 1. The maximum Gasteiger partial charge on any atom is 0.410 e. The van der Waals surface area contributed by atoms with Crippen LogP contribution in [0.3, 0.4) is 0 Å². The van der Waals surface area contributed by atoms with E-state index in [4.69, 9.17) is 10.5 Å². The van der Waals surface area contributed by atoms with Crippen LogP contribution in [0.15, 0.2) is 10.8 Å². The number of fused-ring (bicyclic) bond motifs is 1. The van der Waals surface area contributed by atoms with E-state index < -0.39 is 5.60 Å². The molecule has 7 nitrogen and oxygen atoms in total. The lowest BCUT2D eigenvalue weighted by atomic mass is 10.0. The lowest BCUT2D eigenvalue weighted by Gasteiger charge is -2.27. The van der Waals surface area contributed by atoms with E-state index in [0.29, 0.717) is 12.4 Å². The Morgan fingerprint density at radius 2 is 2.08 bits per heavy atom. The molecule has 8 heteroatoms. The summed E-state index contributed by atoms with van der Waals surface area (Å²) < 4.78 is 8.48. The normalized spacial score (nSPS) is 21.1. The number of carbonyl (C=O) groups is 1. The van der Waals surface area contributed by atoms with Crippen LogP contribution in [0.5, 0.6) is 0 Å². The van der Waals surface area contributed by atoms with E-state index in [0.717, 1.165) is 27.6 Å². The van der Waals surface area contributed by atoms with Crippen LogP contribution in [0.4, 0.5) is 10.6 Å². The average molecular weight is 410 g/mol. The Balaban J connectivity index is 1.93. The Kier molecular flexibility index (Phi) is 4.43. The van der Waals surface area contributed by atoms with Crippen LogP contribution in [-0.4, -0.2) is 43.7 Å². The number of ether oxygens (including phenoxy) is 1. The molecule has 3 rings (SSSR count). The van der Waals surface area contributed by atoms with Crippen molar-refractivity contribution >= 4 is 38.9 Å². The van der Waals surface area contributed by atoms with Crippen LogP contribution in [-0.2, 0) is 11.8 Å². The molecular formula is C17H24BrN5O2. The predicted molar refractivity (Wildman–Crippen MR) is 100 cm³/mol. The Morgan fingerprint density at radius 1 is 1.40 bits per heavy atom. The molecule has 1 unspecified atom stereocenters. The molecule has 1 aliphatic heterocycles. The van der Waals surface area contributed by atoms with Gasteiger partial charge in [-0.05, 0) is 50.0 Å². The van der Waals surface area contributed by atoms with Crippen molar-refractivity contribution < 1.29 is 9.53 Å². The van der Waals surface area contributed by atoms with Crippen LogP contribution in [0.2, 0.25) is 0 Å². The highest BCUT2D eigenvalue weighted by molar-refractivity contribution is 9.10. The van der Waals surface area contributed by atoms with Gasteiger partial charge < -0.3 is 19.9 Å². The summed E-state index contributed by atoms with van der Waals surface area (Å²) in [6, 6.07) is 0.105. The summed E-state index contributed by atoms with van der Waals surface area (Å²) in [5.74, 6) is 0.629. The zero-order chi connectivity index (χ0) is 18.5. The molecule has 25 heavy (non-hydrogen) atoms. The molecule has 1 fully saturated rings. The monoisotopic (exact) mass is 409 g/mol. The number of nitrogens with two attached hydrogens (primary N) is 1. The molecule has 2 aromatic rings. The molecule has 0 bridgehead atoms. The van der Waals surface area contributed by atoms with E-state index in [9.17, 15) is 4.79 Å². The third-order valence-corrected chi connectivity index (χ3v) is 5.37. The molecule has 1 saturated heterocycles. The van der Waals surface area contributed by atoms with E-state index in [1.807, 2.05) is 32.4 Å². The van der Waals surface area contributed by atoms with Crippen molar-refractivity contribution in [2.75, 3.05) is 12.3 Å². The second kappa shape index (κ2) is 6.16. The van der Waals surface area contributed by atoms with Gasteiger partial charge in [-0.2, -0.15) is 0 Å². The van der Waals surface area contributed by atoms with Gasteiger partial charge in [-0.25, -0.2) is 14.8 Å². The van der Waals surface area contributed by atoms with E-state index >= 15 is 0 Å². The van der Waals surface area contributed by atoms with Crippen molar-refractivity contribution in [1.82, 2.24) is 19.4 Å². The fraction of sp³-hybridized carbons (Fsp3) is 0.588. The second-order valence-electron chi connectivity index (χ2n) is 7.63. The molecule has 2 atom stereocenters. The number of aryl methyl sites for hydroxylation is 1. The zero-order valence-corrected chi connectivity index (χ0v) is 16.8. The maximum absolute atomic E-state index is 12.5. The number of amides is 1. The molecule has 0 spiro atoms. The summed E-state index contributed by atoms with van der Waals surface area (Å²) in [5, 5.41) is 0.823. The number of rotatable bonds is 1. The summed E-state index contributed by atoms with van der Waals surface area (Å²) in [6.45, 7) is 8.29. The third kappa shape index (κ3) is 3.19. The average Bonchev–Trinajstić information content (AvgIpc) is 2.97. The van der Waals surface area contributed by atoms with Crippen molar-refractivity contribution in [2.45, 2.75) is 51.7 Å². The van der Waals surface area contributed by atoms with Crippen LogP contribution in [0.25, 0.3) is 11.0 Å². The molecule has 1 amide bonds. The summed E-state index contributed by atoms with van der Waals surface area (Å²) in [5.41, 5.74) is 7.40. The van der Waals surface area contributed by atoms with Crippen molar-refractivity contribution in [3.63, 3.8) is 0 Å². The first kappa shape index (κ1) is 18.0. The lowest BCUT2D eigenvalue weighted by molar-refractivity contribution is 0.0237. The lowest BCUT2D eigenvalue weighted by Crippen LogP contribution is -2.38. The molecule has 136 valence electrons. The highest BCUT2D eigenvalue weighted by Crippen LogP contribution is 2.41. The van der Waals surface area contributed by atoms with E-state index in [2.05, 4.69) is 32.8 Å². The minimum atomic E-state index is -0.501. The Bertz CT molecular complexity index is 827. The van der Waals surface area contributed by atoms with Gasteiger partial charge in [0.2, 0.25) is 0 Å². The van der Waals surface area contributed by atoms with Crippen LogP contribution < -0.4 is 5.73 Å². The van der Waals surface area contributed by atoms with Gasteiger partial charge in [0.05, 0.1) is 9.86 Å². The summed E-state index contributed by atoms with van der Waals surface area (Å²) >= 11 is 3.67. The standard InChI is InChI=1S/C17H24BrN5O2/c1-9-6-10(7-23(9)16(24)25-17(2,3)4)13-12(18)11-14(19)20-8-21-15(11)22(13)5/h8-10H,6-7H2,1-5H3,(H2,19,20,21)/t9-,10?/m0/s1. The second-order valence-corrected chi connectivity index (χ2v) is 8.42. The summed E-state index contributed by atoms with van der Waals surface area (Å²) in [7, 11) is 1.97. The molecule has 0 aliphatic carbocycles. The molecule has 1 aliphatic rings. The number of aromatic nitrogens is 3. The van der Waals surface area contributed by atoms with Gasteiger partial charge in [-0.3, -0.25) is 0 Å². The number of halogens is 1. The van der Waals surface area contributed by atoms with Gasteiger partial charge >= 0.3 is 6.09 Å². The number of hydrogen-bond donors (Lipinski definition) is 1. The highest BCUT2D eigenvalue weighted by atomic mass is 79.9. The van der Waals surface area contributed by atoms with Gasteiger partial charge in [0.1, 0.15) is 23.4 Å². The van der Waals surface area contributed by atoms with Crippen molar-refractivity contribution in [3.05, 3.63) is 16.5 Å². The van der Waals surface area contributed by atoms with Gasteiger partial charge in [-0.1, -0.05) is 0 Å². The van der Waals surface area contributed by atoms with E-state index in [1.165, 1.54) is 6.33 Å². The number of carbonyl (C=O) groups excluding carboxylic acids is 1. The first-order valence-corrected chi connectivity index (χ1v) is 9.13. The summed E-state index contributed by atoms with van der Waals surface area (Å²) in [6.07, 6.45) is 2.06. The molecule has 3 heterocycles. The van der Waals surface area contributed by atoms with Crippen molar-refractivity contribution in [3.8, 4) is 0 Å². The van der Waals surface area contributed by atoms with E-state index in [1.54, 1.807) is 4.90 Å². The quantitative estimate of drug-likeness (QED) is 0.779. The van der Waals surface area contributed by atoms with Crippen LogP contribution >= 0.6 is 15.9 Å². The smallest absolute Gasteiger partial charge is 0.410 e. The number of hydrogen-bond acceptors (Lipinski definition) is 5. The molecule has 0 radical (unpaired) electrons. The fourth-order valence-corrected chi connectivity index (χ4v) is 4.47. The van der Waals surface area contributed by atoms with Gasteiger partial charge in [-0.15, -0.1) is 0 Å². The topological polar surface area (TPSA) is 86.3 Å². The highest BCUT2D eigenvalue weighted by Gasteiger charge is 2.38. The molecule has 2 N–H and O–H groups in total. The number of likely N-dealkylation sites (tertiary alicyclic amines) is 1. The Labute approximate surface area is 155 Å². The maximum atomic E-state index is 12.5. The van der Waals surface area contributed by atoms with Crippen molar-refractivity contribution in [1.29, 1.82) is 0 Å². The number of nitrogens with zero attached hydrogens (tertiary/aromatic N) is 4. The first-order chi connectivity index (χ1) is 11.6. The first-order valence-electron chi connectivity index (χ1n) is 8.34. The minimum absolute atomic E-state index is 0.105. The molecule has 0 aromatic carbocycles. The van der Waals surface area contributed by atoms with Crippen LogP contribution in [0, 0.1) is 0 Å². The van der Waals surface area contributed by atoms with E-state index in [-0.39, 0.29) is 18.1 Å². The Morgan fingerprint density at radius 3 is 2.68 bits per heavy atom. The Hall–Kier alpha value is -1.83. The largest absolute Gasteiger partial charge is 0.444 e. The van der Waals surface area contributed by atoms with Gasteiger partial charge in [0.25, 0.3) is 0 Å². The zero-order valence-electron chi connectivity index (χ0n) is 15.2. The minimum Gasteiger partial charge on any atom is -0.444 e. The molecule has 0 saturated carbocycles. The summed E-state index contributed by atoms with van der Waals surface area (Å²) in [4.78, 5) is 22.7. The fourth-order valence-electron chi connectivity index (χ4n) is 3.50. The number of nitrogen functional groups attached to an aromatic ring is 1. The third-order valence-electron chi connectivity index (χ3n) is 4.57.